The van der Waals surface area contributed by atoms with Crippen molar-refractivity contribution in [1.82, 2.24) is 19.7 Å². The highest BCUT2D eigenvalue weighted by Crippen LogP contribution is 2.28. The van der Waals surface area contributed by atoms with Crippen molar-refractivity contribution in [3.63, 3.8) is 0 Å². The third kappa shape index (κ3) is 2.77. The molecule has 0 saturated heterocycles. The normalized spacial score (nSPS) is 11.3. The van der Waals surface area contributed by atoms with Gasteiger partial charge in [-0.2, -0.15) is 0 Å². The summed E-state index contributed by atoms with van der Waals surface area (Å²) >= 11 is 2.56. The van der Waals surface area contributed by atoms with Crippen LogP contribution in [0.4, 0.5) is 5.13 Å². The first-order valence-electron chi connectivity index (χ1n) is 6.98. The van der Waals surface area contributed by atoms with Gasteiger partial charge in [0.05, 0.1) is 16.6 Å². The number of carbonyl (C=O) groups excluding carboxylic acids is 1. The average molecular weight is 349 g/mol. The molecule has 1 amide bonds. The van der Waals surface area contributed by atoms with E-state index >= 15 is 0 Å². The molecule has 3 aromatic heterocycles. The zero-order valence-electron chi connectivity index (χ0n) is 13.1. The monoisotopic (exact) mass is 349 g/mol. The van der Waals surface area contributed by atoms with E-state index in [1.807, 2.05) is 13.8 Å². The van der Waals surface area contributed by atoms with Crippen LogP contribution in [0.25, 0.3) is 10.2 Å². The van der Waals surface area contributed by atoms with Crippen molar-refractivity contribution in [2.45, 2.75) is 26.7 Å². The van der Waals surface area contributed by atoms with Crippen LogP contribution in [0.5, 0.6) is 0 Å². The fourth-order valence-electron chi connectivity index (χ4n) is 2.10. The first-order chi connectivity index (χ1) is 10.9. The Morgan fingerprint density at radius 2 is 2.04 bits per heavy atom. The minimum Gasteiger partial charge on any atom is -0.302 e. The SMILES string of the molecule is Cc1c(C(=O)Nc2nnc(C(C)C)s2)sc2ncn(C)c(=O)c12. The van der Waals surface area contributed by atoms with Gasteiger partial charge in [-0.1, -0.05) is 25.2 Å². The zero-order valence-corrected chi connectivity index (χ0v) is 14.7. The van der Waals surface area contributed by atoms with Crippen LogP contribution in [-0.2, 0) is 7.05 Å². The molecule has 23 heavy (non-hydrogen) atoms. The van der Waals surface area contributed by atoms with E-state index in [0.717, 1.165) is 5.01 Å². The summed E-state index contributed by atoms with van der Waals surface area (Å²) in [7, 11) is 1.64. The van der Waals surface area contributed by atoms with E-state index in [1.165, 1.54) is 33.6 Å². The standard InChI is InChI=1S/C14H15N5O2S2/c1-6(2)11-17-18-14(23-11)16-10(20)9-7(3)8-12(22-9)15-5-19(4)13(8)21/h5-6H,1-4H3,(H,16,18,20). The molecule has 3 aromatic rings. The maximum absolute atomic E-state index is 12.5. The molecule has 0 bridgehead atoms. The Balaban J connectivity index is 1.96. The molecule has 7 nitrogen and oxygen atoms in total. The van der Waals surface area contributed by atoms with Gasteiger partial charge in [0, 0.05) is 13.0 Å². The number of thiophene rings is 1. The lowest BCUT2D eigenvalue weighted by Crippen LogP contribution is -2.17. The molecule has 0 aliphatic carbocycles. The topological polar surface area (TPSA) is 89.8 Å². The van der Waals surface area contributed by atoms with Crippen molar-refractivity contribution >= 4 is 43.9 Å². The largest absolute Gasteiger partial charge is 0.302 e. The fraction of sp³-hybridized carbons (Fsp3) is 0.357. The summed E-state index contributed by atoms with van der Waals surface area (Å²) < 4.78 is 1.41. The van der Waals surface area contributed by atoms with Crippen LogP contribution in [0.15, 0.2) is 11.1 Å². The molecule has 3 heterocycles. The average Bonchev–Trinajstić information content (AvgIpc) is 3.08. The van der Waals surface area contributed by atoms with Crippen molar-refractivity contribution in [2.24, 2.45) is 7.05 Å². The first kappa shape index (κ1) is 15.8. The third-order valence-electron chi connectivity index (χ3n) is 3.37. The van der Waals surface area contributed by atoms with Gasteiger partial charge in [-0.05, 0) is 12.5 Å². The summed E-state index contributed by atoms with van der Waals surface area (Å²) in [6, 6.07) is 0. The Morgan fingerprint density at radius 3 is 2.70 bits per heavy atom. The number of hydrogen-bond acceptors (Lipinski definition) is 7. The highest BCUT2D eigenvalue weighted by Gasteiger charge is 2.20. The number of amides is 1. The van der Waals surface area contributed by atoms with Gasteiger partial charge in [0.15, 0.2) is 0 Å². The Morgan fingerprint density at radius 1 is 1.30 bits per heavy atom. The lowest BCUT2D eigenvalue weighted by atomic mass is 10.2. The molecule has 9 heteroatoms. The Labute approximate surface area is 140 Å². The number of aryl methyl sites for hydroxylation is 2. The van der Waals surface area contributed by atoms with Crippen LogP contribution in [-0.4, -0.2) is 25.7 Å². The van der Waals surface area contributed by atoms with Crippen LogP contribution >= 0.6 is 22.7 Å². The van der Waals surface area contributed by atoms with Gasteiger partial charge in [-0.3, -0.25) is 14.9 Å². The predicted octanol–water partition coefficient (Wildman–Crippen LogP) is 2.53. The van der Waals surface area contributed by atoms with Crippen LogP contribution in [0.3, 0.4) is 0 Å². The second-order valence-electron chi connectivity index (χ2n) is 5.45. The molecule has 0 fully saturated rings. The van der Waals surface area contributed by atoms with E-state index < -0.39 is 0 Å². The second-order valence-corrected chi connectivity index (χ2v) is 7.46. The Bertz CT molecular complexity index is 954. The molecule has 0 radical (unpaired) electrons. The number of carbonyl (C=O) groups is 1. The number of nitrogens with one attached hydrogen (secondary N) is 1. The maximum Gasteiger partial charge on any atom is 0.267 e. The summed E-state index contributed by atoms with van der Waals surface area (Å²) in [4.78, 5) is 29.9. The van der Waals surface area contributed by atoms with Crippen molar-refractivity contribution in [1.29, 1.82) is 0 Å². The van der Waals surface area contributed by atoms with Crippen molar-refractivity contribution in [3.05, 3.63) is 32.1 Å². The van der Waals surface area contributed by atoms with E-state index in [-0.39, 0.29) is 17.4 Å². The van der Waals surface area contributed by atoms with Crippen molar-refractivity contribution in [3.8, 4) is 0 Å². The predicted molar refractivity (Wildman–Crippen MR) is 91.5 cm³/mol. The van der Waals surface area contributed by atoms with Crippen LogP contribution < -0.4 is 10.9 Å². The van der Waals surface area contributed by atoms with Gasteiger partial charge in [0.1, 0.15) is 9.84 Å². The molecule has 0 aliphatic rings. The summed E-state index contributed by atoms with van der Waals surface area (Å²) in [5.41, 5.74) is 0.491. The molecule has 0 aliphatic heterocycles. The number of anilines is 1. The molecule has 3 rings (SSSR count). The van der Waals surface area contributed by atoms with E-state index in [0.29, 0.717) is 25.8 Å². The van der Waals surface area contributed by atoms with Crippen LogP contribution in [0, 0.1) is 6.92 Å². The highest BCUT2D eigenvalue weighted by atomic mass is 32.1. The molecule has 1 N–H and O–H groups in total. The van der Waals surface area contributed by atoms with Gasteiger partial charge in [-0.15, -0.1) is 21.5 Å². The molecule has 0 saturated carbocycles. The number of fused-ring (bicyclic) bond motifs is 1. The minimum atomic E-state index is -0.293. The summed E-state index contributed by atoms with van der Waals surface area (Å²) in [5.74, 6) is -0.0320. The van der Waals surface area contributed by atoms with Gasteiger partial charge in [-0.25, -0.2) is 4.98 Å². The minimum absolute atomic E-state index is 0.152. The fourth-order valence-corrected chi connectivity index (χ4v) is 3.87. The molecule has 120 valence electrons. The van der Waals surface area contributed by atoms with Gasteiger partial charge in [0.2, 0.25) is 5.13 Å². The summed E-state index contributed by atoms with van der Waals surface area (Å²) in [6.45, 7) is 5.80. The number of aromatic nitrogens is 4. The maximum atomic E-state index is 12.5. The Kier molecular flexibility index (Phi) is 3.99. The van der Waals surface area contributed by atoms with Gasteiger partial charge >= 0.3 is 0 Å². The molecule has 0 spiro atoms. The Hall–Kier alpha value is -2.13. The number of hydrogen-bond donors (Lipinski definition) is 1. The van der Waals surface area contributed by atoms with E-state index in [9.17, 15) is 9.59 Å². The number of rotatable bonds is 3. The van der Waals surface area contributed by atoms with Crippen LogP contribution in [0.2, 0.25) is 0 Å². The van der Waals surface area contributed by atoms with Gasteiger partial charge in [0.25, 0.3) is 11.5 Å². The van der Waals surface area contributed by atoms with E-state index in [2.05, 4.69) is 20.5 Å². The second kappa shape index (κ2) is 5.82. The zero-order chi connectivity index (χ0) is 16.7. The number of nitrogens with zero attached hydrogens (tertiary/aromatic N) is 4. The lowest BCUT2D eigenvalue weighted by molar-refractivity contribution is 0.103. The van der Waals surface area contributed by atoms with Crippen molar-refractivity contribution in [2.75, 3.05) is 5.32 Å². The molecular formula is C14H15N5O2S2. The van der Waals surface area contributed by atoms with Gasteiger partial charge < -0.3 is 4.57 Å². The van der Waals surface area contributed by atoms with Crippen LogP contribution in [0.1, 0.15) is 40.0 Å². The highest BCUT2D eigenvalue weighted by molar-refractivity contribution is 7.21. The summed E-state index contributed by atoms with van der Waals surface area (Å²) in [5, 5.41) is 12.6. The molecule has 0 unspecified atom stereocenters. The van der Waals surface area contributed by atoms with Crippen molar-refractivity contribution < 1.29 is 4.79 Å². The first-order valence-corrected chi connectivity index (χ1v) is 8.61. The summed E-state index contributed by atoms with van der Waals surface area (Å²) in [6.07, 6.45) is 1.46. The molecule has 0 atom stereocenters. The quantitative estimate of drug-likeness (QED) is 0.785. The molecule has 0 aromatic carbocycles. The van der Waals surface area contributed by atoms with E-state index in [4.69, 9.17) is 0 Å². The van der Waals surface area contributed by atoms with E-state index in [1.54, 1.807) is 14.0 Å². The lowest BCUT2D eigenvalue weighted by Gasteiger charge is -1.99. The smallest absolute Gasteiger partial charge is 0.267 e. The molecular weight excluding hydrogens is 334 g/mol. The third-order valence-corrected chi connectivity index (χ3v) is 5.71.